The molecule has 0 aromatic heterocycles. The Bertz CT molecular complexity index is 1080. The van der Waals surface area contributed by atoms with E-state index in [0.29, 0.717) is 17.7 Å². The number of esters is 1. The van der Waals surface area contributed by atoms with Crippen LogP contribution in [-0.4, -0.2) is 17.5 Å². The number of allylic oxidation sites excluding steroid dienone is 2. The standard InChI is InChI=1S/C26H26INO3/c1-16-22(25(30)31-15-17-8-5-4-6-9-17)23(18-10-7-11-19(27)12-18)24-20(28-16)13-26(2,3)14-21(24)29/h4-12,22-23H,13-15H2,1-3H3/t22?,23-/m1/s1. The zero-order chi connectivity index (χ0) is 22.2. The number of hydrogen-bond acceptors (Lipinski definition) is 4. The van der Waals surface area contributed by atoms with Crippen molar-refractivity contribution in [1.29, 1.82) is 0 Å². The normalized spacial score (nSPS) is 22.6. The number of carbonyl (C=O) groups is 2. The highest BCUT2D eigenvalue weighted by atomic mass is 127. The second-order valence-corrected chi connectivity index (χ2v) is 10.4. The first kappa shape index (κ1) is 21.9. The fourth-order valence-electron chi connectivity index (χ4n) is 4.63. The summed E-state index contributed by atoms with van der Waals surface area (Å²) in [6.45, 7) is 6.28. The summed E-state index contributed by atoms with van der Waals surface area (Å²) in [4.78, 5) is 31.4. The van der Waals surface area contributed by atoms with Crippen molar-refractivity contribution in [2.45, 2.75) is 46.1 Å². The molecule has 0 N–H and O–H groups in total. The SMILES string of the molecule is CC1=NC2=C(C(=O)CC(C)(C)C2)[C@H](c2cccc(I)c2)C1C(=O)OCc1ccccc1. The Morgan fingerprint density at radius 1 is 1.13 bits per heavy atom. The minimum absolute atomic E-state index is 0.0900. The molecule has 2 aliphatic rings. The van der Waals surface area contributed by atoms with Crippen molar-refractivity contribution >= 4 is 40.1 Å². The lowest BCUT2D eigenvalue weighted by Crippen LogP contribution is -2.39. The number of ether oxygens (including phenoxy) is 1. The highest BCUT2D eigenvalue weighted by molar-refractivity contribution is 14.1. The lowest BCUT2D eigenvalue weighted by Gasteiger charge is -2.39. The van der Waals surface area contributed by atoms with E-state index in [1.54, 1.807) is 0 Å². The number of halogens is 1. The molecule has 0 bridgehead atoms. The van der Waals surface area contributed by atoms with Gasteiger partial charge >= 0.3 is 5.97 Å². The quantitative estimate of drug-likeness (QED) is 0.370. The van der Waals surface area contributed by atoms with E-state index in [4.69, 9.17) is 9.73 Å². The van der Waals surface area contributed by atoms with Crippen LogP contribution in [-0.2, 0) is 20.9 Å². The van der Waals surface area contributed by atoms with Gasteiger partial charge in [-0.25, -0.2) is 0 Å². The summed E-state index contributed by atoms with van der Waals surface area (Å²) in [5, 5.41) is 0. The summed E-state index contributed by atoms with van der Waals surface area (Å²) in [5.74, 6) is -1.22. The molecule has 1 heterocycles. The van der Waals surface area contributed by atoms with Gasteiger partial charge in [0.05, 0.1) is 0 Å². The molecule has 0 amide bonds. The Labute approximate surface area is 196 Å². The molecule has 0 radical (unpaired) electrons. The van der Waals surface area contributed by atoms with Crippen LogP contribution in [0.3, 0.4) is 0 Å². The summed E-state index contributed by atoms with van der Waals surface area (Å²) in [6.07, 6.45) is 1.20. The van der Waals surface area contributed by atoms with E-state index in [1.807, 2.05) is 55.5 Å². The lowest BCUT2D eigenvalue weighted by atomic mass is 9.67. The Kier molecular flexibility index (Phi) is 6.15. The van der Waals surface area contributed by atoms with Crippen molar-refractivity contribution in [3.05, 3.63) is 80.6 Å². The number of Topliss-reactive ketones (excluding diaryl/α,β-unsaturated/α-hetero) is 1. The maximum absolute atomic E-state index is 13.3. The maximum atomic E-state index is 13.3. The van der Waals surface area contributed by atoms with E-state index in [-0.39, 0.29) is 29.7 Å². The van der Waals surface area contributed by atoms with Crippen molar-refractivity contribution in [1.82, 2.24) is 0 Å². The van der Waals surface area contributed by atoms with Crippen LogP contribution in [0.2, 0.25) is 0 Å². The van der Waals surface area contributed by atoms with Gasteiger partial charge in [-0.05, 0) is 64.6 Å². The molecule has 4 rings (SSSR count). The highest BCUT2D eigenvalue weighted by Crippen LogP contribution is 2.48. The zero-order valence-corrected chi connectivity index (χ0v) is 20.2. The van der Waals surface area contributed by atoms with Gasteiger partial charge in [0, 0.05) is 32.9 Å². The Balaban J connectivity index is 1.73. The van der Waals surface area contributed by atoms with Gasteiger partial charge in [-0.15, -0.1) is 0 Å². The van der Waals surface area contributed by atoms with Crippen LogP contribution in [0.4, 0.5) is 0 Å². The molecule has 160 valence electrons. The maximum Gasteiger partial charge on any atom is 0.315 e. The van der Waals surface area contributed by atoms with Gasteiger partial charge < -0.3 is 4.74 Å². The van der Waals surface area contributed by atoms with E-state index in [0.717, 1.165) is 26.8 Å². The molecule has 0 fully saturated rings. The minimum Gasteiger partial charge on any atom is -0.460 e. The molecule has 1 aliphatic heterocycles. The number of hydrogen-bond donors (Lipinski definition) is 0. The predicted molar refractivity (Wildman–Crippen MR) is 130 cm³/mol. The summed E-state index contributed by atoms with van der Waals surface area (Å²) >= 11 is 2.27. The van der Waals surface area contributed by atoms with Gasteiger partial charge in [0.15, 0.2) is 5.78 Å². The fraction of sp³-hybridized carbons (Fsp3) is 0.346. The number of nitrogens with zero attached hydrogens (tertiary/aromatic N) is 1. The predicted octanol–water partition coefficient (Wildman–Crippen LogP) is 5.85. The second kappa shape index (κ2) is 8.69. The third kappa shape index (κ3) is 4.66. The number of carbonyl (C=O) groups excluding carboxylic acids is 2. The van der Waals surface area contributed by atoms with Crippen LogP contribution in [0.1, 0.15) is 50.7 Å². The average molecular weight is 527 g/mol. The molecule has 4 nitrogen and oxygen atoms in total. The van der Waals surface area contributed by atoms with Crippen LogP contribution in [0.25, 0.3) is 0 Å². The van der Waals surface area contributed by atoms with E-state index in [1.165, 1.54) is 0 Å². The van der Waals surface area contributed by atoms with Crippen LogP contribution in [0, 0.1) is 14.9 Å². The van der Waals surface area contributed by atoms with Crippen molar-refractivity contribution < 1.29 is 14.3 Å². The Hall–Kier alpha value is -2.28. The Morgan fingerprint density at radius 2 is 1.87 bits per heavy atom. The average Bonchev–Trinajstić information content (AvgIpc) is 2.71. The van der Waals surface area contributed by atoms with Gasteiger partial charge in [-0.1, -0.05) is 56.3 Å². The highest BCUT2D eigenvalue weighted by Gasteiger charge is 2.46. The van der Waals surface area contributed by atoms with E-state index in [2.05, 4.69) is 42.5 Å². The van der Waals surface area contributed by atoms with E-state index < -0.39 is 5.92 Å². The second-order valence-electron chi connectivity index (χ2n) is 9.16. The molecule has 1 unspecified atom stereocenters. The van der Waals surface area contributed by atoms with Crippen molar-refractivity contribution in [2.24, 2.45) is 16.3 Å². The number of aliphatic imine (C=N–C) groups is 1. The third-order valence-corrected chi connectivity index (χ3v) is 6.66. The van der Waals surface area contributed by atoms with Gasteiger partial charge in [0.2, 0.25) is 0 Å². The molecule has 5 heteroatoms. The van der Waals surface area contributed by atoms with E-state index in [9.17, 15) is 9.59 Å². The molecular formula is C26H26INO3. The molecule has 1 aliphatic carbocycles. The lowest BCUT2D eigenvalue weighted by molar-refractivity contribution is -0.148. The first-order valence-electron chi connectivity index (χ1n) is 10.5. The van der Waals surface area contributed by atoms with E-state index >= 15 is 0 Å². The topological polar surface area (TPSA) is 55.7 Å². The molecule has 31 heavy (non-hydrogen) atoms. The van der Waals surface area contributed by atoms with Crippen LogP contribution in [0.15, 0.2) is 70.9 Å². The fourth-order valence-corrected chi connectivity index (χ4v) is 5.20. The largest absolute Gasteiger partial charge is 0.460 e. The molecule has 2 atom stereocenters. The van der Waals surface area contributed by atoms with Crippen molar-refractivity contribution in [3.8, 4) is 0 Å². The summed E-state index contributed by atoms with van der Waals surface area (Å²) in [5.41, 5.74) is 4.00. The summed E-state index contributed by atoms with van der Waals surface area (Å²) < 4.78 is 6.79. The number of rotatable bonds is 4. The first-order valence-corrected chi connectivity index (χ1v) is 11.6. The monoisotopic (exact) mass is 527 g/mol. The Morgan fingerprint density at radius 3 is 2.58 bits per heavy atom. The molecule has 0 spiro atoms. The third-order valence-electron chi connectivity index (χ3n) is 5.99. The first-order chi connectivity index (χ1) is 14.7. The molecule has 0 saturated carbocycles. The van der Waals surface area contributed by atoms with Crippen molar-refractivity contribution in [2.75, 3.05) is 0 Å². The van der Waals surface area contributed by atoms with Crippen LogP contribution >= 0.6 is 22.6 Å². The smallest absolute Gasteiger partial charge is 0.315 e. The van der Waals surface area contributed by atoms with Crippen LogP contribution < -0.4 is 0 Å². The molecule has 2 aromatic carbocycles. The molecule has 0 saturated heterocycles. The summed E-state index contributed by atoms with van der Waals surface area (Å²) in [6, 6.07) is 17.7. The van der Waals surface area contributed by atoms with Gasteiger partial charge in [0.25, 0.3) is 0 Å². The number of benzene rings is 2. The van der Waals surface area contributed by atoms with Crippen LogP contribution in [0.5, 0.6) is 0 Å². The summed E-state index contributed by atoms with van der Waals surface area (Å²) in [7, 11) is 0. The van der Waals surface area contributed by atoms with Gasteiger partial charge in [0.1, 0.15) is 12.5 Å². The van der Waals surface area contributed by atoms with Gasteiger partial charge in [-0.3, -0.25) is 14.6 Å². The molecular weight excluding hydrogens is 501 g/mol. The molecule has 2 aromatic rings. The minimum atomic E-state index is -0.606. The van der Waals surface area contributed by atoms with Crippen molar-refractivity contribution in [3.63, 3.8) is 0 Å². The zero-order valence-electron chi connectivity index (χ0n) is 18.0. The number of ketones is 1. The van der Waals surface area contributed by atoms with Gasteiger partial charge in [-0.2, -0.15) is 0 Å².